The molecular weight excluding hydrogens is 811 g/mol. The molecule has 6 nitrogen and oxygen atoms in total. The van der Waals surface area contributed by atoms with Crippen molar-refractivity contribution in [3.05, 3.63) is 131 Å². The standard InChI is InChI=1S/2C25H33NO2.2ClH.Ti/c2*1-8-9-13-28-21-12-10-11-20(16-21)26-17-18-14-19(24(2,3)4)15-22(23(18)27)25(5,6)7;;;/h2*8,10-12,14-17,27H,1,9,13H2,2-7H3;2*1H;/q;;;;+2/p-2. The molecule has 4 aromatic carbocycles. The fraction of sp³-hybridized carbons (Fsp3) is 0.400. The van der Waals surface area contributed by atoms with Crippen LogP contribution in [-0.2, 0) is 38.7 Å². The monoisotopic (exact) mass is 876 g/mol. The molecule has 4 aromatic rings. The molecule has 0 heterocycles. The van der Waals surface area contributed by atoms with Gasteiger partial charge in [-0.1, -0.05) is 120 Å². The van der Waals surface area contributed by atoms with Crippen molar-refractivity contribution in [2.45, 2.75) is 118 Å². The van der Waals surface area contributed by atoms with Crippen LogP contribution in [0, 0.1) is 0 Å². The van der Waals surface area contributed by atoms with E-state index in [4.69, 9.17) is 28.1 Å². The zero-order valence-corrected chi connectivity index (χ0v) is 40.4. The van der Waals surface area contributed by atoms with Crippen LogP contribution in [-0.4, -0.2) is 35.9 Å². The summed E-state index contributed by atoms with van der Waals surface area (Å²) in [5.41, 5.74) is 6.90. The molecule has 0 fully saturated rings. The van der Waals surface area contributed by atoms with Crippen LogP contribution in [0.4, 0.5) is 11.4 Å². The first-order chi connectivity index (χ1) is 27.5. The van der Waals surface area contributed by atoms with Crippen molar-refractivity contribution >= 4 is 42.4 Å². The molecule has 4 rings (SSSR count). The van der Waals surface area contributed by atoms with Crippen LogP contribution >= 0.6 is 18.6 Å². The van der Waals surface area contributed by atoms with Crippen molar-refractivity contribution in [1.82, 2.24) is 0 Å². The summed E-state index contributed by atoms with van der Waals surface area (Å²) < 4.78 is 11.4. The predicted molar refractivity (Wildman–Crippen MR) is 251 cm³/mol. The number of aliphatic imine (C=N–C) groups is 2. The summed E-state index contributed by atoms with van der Waals surface area (Å²) in [5.74, 6) is 2.14. The molecule has 0 aliphatic heterocycles. The van der Waals surface area contributed by atoms with Crippen LogP contribution in [0.25, 0.3) is 0 Å². The van der Waals surface area contributed by atoms with Gasteiger partial charge in [0.15, 0.2) is 0 Å². The molecule has 0 atom stereocenters. The zero-order chi connectivity index (χ0) is 44.6. The van der Waals surface area contributed by atoms with E-state index in [9.17, 15) is 10.2 Å². The Bertz CT molecular complexity index is 1890. The third-order valence-corrected chi connectivity index (χ3v) is 9.15. The first-order valence-corrected chi connectivity index (χ1v) is 24.2. The maximum absolute atomic E-state index is 10.9. The molecule has 0 spiro atoms. The molecule has 0 bridgehead atoms. The van der Waals surface area contributed by atoms with Gasteiger partial charge in [-0.3, -0.25) is 9.98 Å². The van der Waals surface area contributed by atoms with Gasteiger partial charge in [-0.2, -0.15) is 0 Å². The Morgan fingerprint density at radius 3 is 1.19 bits per heavy atom. The van der Waals surface area contributed by atoms with Crippen LogP contribution < -0.4 is 9.47 Å². The van der Waals surface area contributed by atoms with Crippen molar-refractivity contribution in [2.75, 3.05) is 13.2 Å². The average Bonchev–Trinajstić information content (AvgIpc) is 3.13. The summed E-state index contributed by atoms with van der Waals surface area (Å²) in [6, 6.07) is 23.6. The maximum atomic E-state index is 10.9. The van der Waals surface area contributed by atoms with Gasteiger partial charge >= 0.3 is 35.6 Å². The number of halogens is 2. The van der Waals surface area contributed by atoms with Crippen LogP contribution in [0.15, 0.2) is 108 Å². The van der Waals surface area contributed by atoms with E-state index in [2.05, 4.69) is 118 Å². The quantitative estimate of drug-likeness (QED) is 0.0643. The molecule has 0 aromatic heterocycles. The number of benzene rings is 4. The van der Waals surface area contributed by atoms with Gasteiger partial charge in [-0.15, -0.1) is 13.2 Å². The van der Waals surface area contributed by atoms with E-state index in [-0.39, 0.29) is 21.7 Å². The third-order valence-electron chi connectivity index (χ3n) is 9.15. The van der Waals surface area contributed by atoms with E-state index in [1.807, 2.05) is 72.8 Å². The van der Waals surface area contributed by atoms with Crippen molar-refractivity contribution in [3.8, 4) is 23.0 Å². The van der Waals surface area contributed by atoms with Crippen molar-refractivity contribution in [1.29, 1.82) is 0 Å². The number of hydrogen-bond donors (Lipinski definition) is 2. The van der Waals surface area contributed by atoms with Crippen LogP contribution in [0.3, 0.4) is 0 Å². The molecule has 0 unspecified atom stereocenters. The van der Waals surface area contributed by atoms with E-state index >= 15 is 0 Å². The average molecular weight is 878 g/mol. The first kappa shape index (κ1) is 51.3. The van der Waals surface area contributed by atoms with E-state index in [1.54, 1.807) is 12.4 Å². The van der Waals surface area contributed by atoms with Gasteiger partial charge in [0, 0.05) is 46.8 Å². The van der Waals surface area contributed by atoms with Crippen molar-refractivity contribution in [2.24, 2.45) is 9.98 Å². The number of phenols is 2. The Hall–Kier alpha value is -3.81. The Kier molecular flexibility index (Phi) is 20.2. The van der Waals surface area contributed by atoms with E-state index in [1.165, 1.54) is 11.1 Å². The molecule has 0 aliphatic carbocycles. The van der Waals surface area contributed by atoms with Crippen molar-refractivity contribution < 1.29 is 36.7 Å². The second kappa shape index (κ2) is 23.3. The molecule has 0 aliphatic rings. The van der Waals surface area contributed by atoms with Crippen molar-refractivity contribution in [3.63, 3.8) is 0 Å². The molecule has 0 amide bonds. The second-order valence-electron chi connectivity index (χ2n) is 18.4. The molecule has 318 valence electrons. The second-order valence-corrected chi connectivity index (χ2v) is 20.9. The SMILES string of the molecule is C=CCCOc1cccc(N=Cc2cc(C(C)(C)C)cc(C(C)(C)C)c2O)c1.C=CCCOc1cccc(N=Cc2cc(C(C)(C)C)cc(C(C)(C)C)c2O)c1.[Cl][Ti][Cl]. The van der Waals surface area contributed by atoms with Gasteiger partial charge in [0.2, 0.25) is 0 Å². The predicted octanol–water partition coefficient (Wildman–Crippen LogP) is 14.8. The molecule has 0 saturated carbocycles. The van der Waals surface area contributed by atoms with Gasteiger partial charge < -0.3 is 19.7 Å². The molecular formula is C50H66Cl2N2O4Ti. The topological polar surface area (TPSA) is 83.6 Å². The summed E-state index contributed by atoms with van der Waals surface area (Å²) in [4.78, 5) is 9.17. The molecule has 9 heteroatoms. The van der Waals surface area contributed by atoms with Gasteiger partial charge in [0.1, 0.15) is 23.0 Å². The van der Waals surface area contributed by atoms with E-state index in [0.717, 1.165) is 58.0 Å². The number of nitrogens with zero attached hydrogens (tertiary/aromatic N) is 2. The number of phenolic OH excluding ortho intramolecular Hbond substituents is 2. The first-order valence-electron chi connectivity index (χ1n) is 19.9. The normalized spacial score (nSPS) is 12.0. The fourth-order valence-electron chi connectivity index (χ4n) is 5.64. The number of rotatable bonds is 12. The minimum atomic E-state index is -0.556. The van der Waals surface area contributed by atoms with Gasteiger partial charge in [0.05, 0.1) is 24.6 Å². The Balaban J connectivity index is 0.000000381. The Morgan fingerprint density at radius 2 is 0.898 bits per heavy atom. The summed E-state index contributed by atoms with van der Waals surface area (Å²) in [5, 5.41) is 21.7. The molecule has 2 N–H and O–H groups in total. The van der Waals surface area contributed by atoms with Crippen LogP contribution in [0.5, 0.6) is 23.0 Å². The summed E-state index contributed by atoms with van der Waals surface area (Å²) in [7, 11) is 9.78. The van der Waals surface area contributed by atoms with Crippen LogP contribution in [0.2, 0.25) is 0 Å². The third kappa shape index (κ3) is 17.4. The Morgan fingerprint density at radius 1 is 0.559 bits per heavy atom. The van der Waals surface area contributed by atoms with Gasteiger partial charge in [-0.25, -0.2) is 0 Å². The number of aromatic hydroxyl groups is 2. The van der Waals surface area contributed by atoms with Gasteiger partial charge in [0.25, 0.3) is 0 Å². The van der Waals surface area contributed by atoms with Crippen LogP contribution in [0.1, 0.15) is 129 Å². The zero-order valence-electron chi connectivity index (χ0n) is 37.3. The summed E-state index contributed by atoms with van der Waals surface area (Å²) in [6.07, 6.45) is 8.75. The number of ether oxygens (including phenoxy) is 2. The number of hydrogen-bond acceptors (Lipinski definition) is 6. The summed E-state index contributed by atoms with van der Waals surface area (Å²) in [6.45, 7) is 34.3. The molecule has 0 radical (unpaired) electrons. The van der Waals surface area contributed by atoms with E-state index < -0.39 is 17.0 Å². The molecule has 59 heavy (non-hydrogen) atoms. The summed E-state index contributed by atoms with van der Waals surface area (Å²) >= 11 is -0.556. The fourth-order valence-corrected chi connectivity index (χ4v) is 5.64. The Labute approximate surface area is 372 Å². The molecule has 0 saturated heterocycles. The van der Waals surface area contributed by atoms with Gasteiger partial charge in [-0.05, 0) is 82.0 Å². The van der Waals surface area contributed by atoms with E-state index in [0.29, 0.717) is 24.7 Å². The minimum absolute atomic E-state index is 0.0187.